The molecular weight excluding hydrogens is 228 g/mol. The largest absolute Gasteiger partial charge is 0.325 e. The lowest BCUT2D eigenvalue weighted by atomic mass is 9.75. The number of nitro benzene ring substituents is 1. The van der Waals surface area contributed by atoms with E-state index in [1.165, 1.54) is 0 Å². The summed E-state index contributed by atoms with van der Waals surface area (Å²) in [6.07, 6.45) is 2.74. The van der Waals surface area contributed by atoms with Crippen molar-refractivity contribution >= 4 is 5.69 Å². The zero-order chi connectivity index (χ0) is 13.8. The van der Waals surface area contributed by atoms with E-state index in [-0.39, 0.29) is 22.1 Å². The molecular formula is C14H22N2O2. The molecule has 0 saturated carbocycles. The third-order valence-corrected chi connectivity index (χ3v) is 3.93. The maximum atomic E-state index is 10.6. The first-order valence-corrected chi connectivity index (χ1v) is 6.51. The van der Waals surface area contributed by atoms with E-state index in [0.717, 1.165) is 24.8 Å². The molecule has 4 heteroatoms. The number of nitrogens with two attached hydrogens (primary N) is 1. The zero-order valence-corrected chi connectivity index (χ0v) is 11.3. The van der Waals surface area contributed by atoms with Gasteiger partial charge in [-0.15, -0.1) is 0 Å². The molecule has 2 N–H and O–H groups in total. The molecule has 1 rings (SSSR count). The van der Waals surface area contributed by atoms with Gasteiger partial charge < -0.3 is 5.73 Å². The molecule has 1 aromatic rings. The lowest BCUT2D eigenvalue weighted by Gasteiger charge is -2.36. The predicted octanol–water partition coefficient (Wildman–Crippen LogP) is 3.61. The van der Waals surface area contributed by atoms with Crippen LogP contribution in [0.15, 0.2) is 24.3 Å². The fourth-order valence-corrected chi connectivity index (χ4v) is 2.55. The molecule has 0 spiro atoms. The van der Waals surface area contributed by atoms with Crippen molar-refractivity contribution in [2.24, 2.45) is 5.73 Å². The predicted molar refractivity (Wildman–Crippen MR) is 73.6 cm³/mol. The van der Waals surface area contributed by atoms with E-state index in [1.54, 1.807) is 12.1 Å². The molecule has 0 radical (unpaired) electrons. The van der Waals surface area contributed by atoms with Crippen LogP contribution in [0.2, 0.25) is 0 Å². The van der Waals surface area contributed by atoms with Gasteiger partial charge in [0.1, 0.15) is 0 Å². The number of hydrogen-bond acceptors (Lipinski definition) is 3. The maximum Gasteiger partial charge on any atom is 0.269 e. The number of non-ortho nitro benzene ring substituents is 1. The minimum Gasteiger partial charge on any atom is -0.325 e. The molecule has 0 aliphatic heterocycles. The van der Waals surface area contributed by atoms with Gasteiger partial charge in [0.05, 0.1) is 4.92 Å². The molecule has 1 unspecified atom stereocenters. The fraction of sp³-hybridized carbons (Fsp3) is 0.571. The highest BCUT2D eigenvalue weighted by atomic mass is 16.6. The van der Waals surface area contributed by atoms with Crippen molar-refractivity contribution in [1.29, 1.82) is 0 Å². The van der Waals surface area contributed by atoms with Gasteiger partial charge in [-0.2, -0.15) is 0 Å². The second-order valence-corrected chi connectivity index (χ2v) is 4.75. The van der Waals surface area contributed by atoms with E-state index in [1.807, 2.05) is 12.1 Å². The van der Waals surface area contributed by atoms with Gasteiger partial charge in [-0.05, 0) is 24.8 Å². The Kier molecular flexibility index (Phi) is 4.84. The van der Waals surface area contributed by atoms with Crippen LogP contribution in [0.3, 0.4) is 0 Å². The topological polar surface area (TPSA) is 69.2 Å². The second-order valence-electron chi connectivity index (χ2n) is 4.75. The van der Waals surface area contributed by atoms with Crippen LogP contribution in [-0.2, 0) is 0 Å². The molecule has 0 aromatic heterocycles. The van der Waals surface area contributed by atoms with Gasteiger partial charge in [0.2, 0.25) is 0 Å². The van der Waals surface area contributed by atoms with E-state index in [9.17, 15) is 10.1 Å². The molecule has 0 aliphatic rings. The van der Waals surface area contributed by atoms with Gasteiger partial charge >= 0.3 is 0 Å². The van der Waals surface area contributed by atoms with E-state index in [2.05, 4.69) is 20.8 Å². The summed E-state index contributed by atoms with van der Waals surface area (Å²) in [5.74, 6) is 0.244. The van der Waals surface area contributed by atoms with Crippen molar-refractivity contribution in [3.05, 3.63) is 39.9 Å². The number of nitrogens with zero attached hydrogens (tertiary/aromatic N) is 1. The summed E-state index contributed by atoms with van der Waals surface area (Å²) < 4.78 is 0. The standard InChI is InChI=1S/C14H22N2O2/c1-4-13(14(15,5-2)6-3)11-7-9-12(10-8-11)16(17)18/h7-10,13H,4-6,15H2,1-3H3. The second kappa shape index (κ2) is 5.96. The van der Waals surface area contributed by atoms with Gasteiger partial charge in [0.15, 0.2) is 0 Å². The van der Waals surface area contributed by atoms with E-state index < -0.39 is 0 Å². The molecule has 1 atom stereocenters. The number of rotatable bonds is 6. The molecule has 100 valence electrons. The van der Waals surface area contributed by atoms with Crippen LogP contribution in [-0.4, -0.2) is 10.5 Å². The van der Waals surface area contributed by atoms with E-state index in [0.29, 0.717) is 0 Å². The van der Waals surface area contributed by atoms with Gasteiger partial charge in [0, 0.05) is 23.6 Å². The lowest BCUT2D eigenvalue weighted by Crippen LogP contribution is -2.44. The van der Waals surface area contributed by atoms with E-state index in [4.69, 9.17) is 5.73 Å². The molecule has 0 aliphatic carbocycles. The van der Waals surface area contributed by atoms with Crippen LogP contribution >= 0.6 is 0 Å². The summed E-state index contributed by atoms with van der Waals surface area (Å²) in [6.45, 7) is 6.30. The van der Waals surface area contributed by atoms with Gasteiger partial charge in [-0.1, -0.05) is 32.9 Å². The summed E-state index contributed by atoms with van der Waals surface area (Å²) in [6, 6.07) is 6.78. The lowest BCUT2D eigenvalue weighted by molar-refractivity contribution is -0.384. The van der Waals surface area contributed by atoms with Crippen molar-refractivity contribution in [2.75, 3.05) is 0 Å². The first-order chi connectivity index (χ1) is 8.48. The Morgan fingerprint density at radius 3 is 2.06 bits per heavy atom. The minimum atomic E-state index is -0.375. The highest BCUT2D eigenvalue weighted by Crippen LogP contribution is 2.35. The normalized spacial score (nSPS) is 13.3. The highest BCUT2D eigenvalue weighted by molar-refractivity contribution is 5.35. The van der Waals surface area contributed by atoms with Gasteiger partial charge in [0.25, 0.3) is 5.69 Å². The highest BCUT2D eigenvalue weighted by Gasteiger charge is 2.31. The minimum absolute atomic E-state index is 0.129. The fourth-order valence-electron chi connectivity index (χ4n) is 2.55. The van der Waals surface area contributed by atoms with Gasteiger partial charge in [-0.3, -0.25) is 10.1 Å². The number of benzene rings is 1. The van der Waals surface area contributed by atoms with Crippen molar-refractivity contribution in [3.8, 4) is 0 Å². The Hall–Kier alpha value is -1.42. The summed E-state index contributed by atoms with van der Waals surface area (Å²) in [5, 5.41) is 10.6. The molecule has 18 heavy (non-hydrogen) atoms. The molecule has 0 amide bonds. The Morgan fingerprint density at radius 1 is 1.22 bits per heavy atom. The van der Waals surface area contributed by atoms with Gasteiger partial charge in [-0.25, -0.2) is 0 Å². The van der Waals surface area contributed by atoms with Crippen molar-refractivity contribution in [1.82, 2.24) is 0 Å². The van der Waals surface area contributed by atoms with Crippen molar-refractivity contribution in [2.45, 2.75) is 51.5 Å². The van der Waals surface area contributed by atoms with Crippen molar-refractivity contribution in [3.63, 3.8) is 0 Å². The van der Waals surface area contributed by atoms with Crippen LogP contribution in [0.4, 0.5) is 5.69 Å². The molecule has 1 aromatic carbocycles. The number of hydrogen-bond donors (Lipinski definition) is 1. The Morgan fingerprint density at radius 2 is 1.72 bits per heavy atom. The smallest absolute Gasteiger partial charge is 0.269 e. The molecule has 4 nitrogen and oxygen atoms in total. The summed E-state index contributed by atoms with van der Waals surface area (Å²) >= 11 is 0. The molecule has 0 bridgehead atoms. The van der Waals surface area contributed by atoms with E-state index >= 15 is 0 Å². The van der Waals surface area contributed by atoms with Crippen LogP contribution in [0.1, 0.15) is 51.5 Å². The summed E-state index contributed by atoms with van der Waals surface area (Å²) in [5.41, 5.74) is 7.44. The SMILES string of the molecule is CCC(c1ccc([N+](=O)[O-])cc1)C(N)(CC)CC. The Bertz CT molecular complexity index is 397. The number of nitro groups is 1. The first kappa shape index (κ1) is 14.6. The van der Waals surface area contributed by atoms with Crippen LogP contribution < -0.4 is 5.73 Å². The molecule has 0 heterocycles. The average molecular weight is 250 g/mol. The maximum absolute atomic E-state index is 10.6. The Labute approximate surface area is 108 Å². The van der Waals surface area contributed by atoms with Crippen LogP contribution in [0.25, 0.3) is 0 Å². The quantitative estimate of drug-likeness (QED) is 0.619. The third kappa shape index (κ3) is 2.88. The van der Waals surface area contributed by atoms with Crippen LogP contribution in [0, 0.1) is 10.1 Å². The summed E-state index contributed by atoms with van der Waals surface area (Å²) in [7, 11) is 0. The summed E-state index contributed by atoms with van der Waals surface area (Å²) in [4.78, 5) is 10.3. The molecule has 0 saturated heterocycles. The first-order valence-electron chi connectivity index (χ1n) is 6.51. The average Bonchev–Trinajstić information content (AvgIpc) is 2.39. The molecule has 0 fully saturated rings. The monoisotopic (exact) mass is 250 g/mol. The Balaban J connectivity index is 3.06. The van der Waals surface area contributed by atoms with Crippen LogP contribution in [0.5, 0.6) is 0 Å². The van der Waals surface area contributed by atoms with Crippen molar-refractivity contribution < 1.29 is 4.92 Å². The third-order valence-electron chi connectivity index (χ3n) is 3.93. The zero-order valence-electron chi connectivity index (χ0n) is 11.3.